The molecule has 0 spiro atoms. The molecule has 0 bridgehead atoms. The Morgan fingerprint density at radius 2 is 1.88 bits per heavy atom. The van der Waals surface area contributed by atoms with E-state index >= 15 is 8.78 Å². The van der Waals surface area contributed by atoms with E-state index in [4.69, 9.17) is 15.2 Å². The number of rotatable bonds is 5. The highest BCUT2D eigenvalue weighted by molar-refractivity contribution is 7.91. The average Bonchev–Trinajstić information content (AvgIpc) is 3.14. The minimum Gasteiger partial charge on any atom is -0.443 e. The van der Waals surface area contributed by atoms with Gasteiger partial charge < -0.3 is 20.1 Å². The van der Waals surface area contributed by atoms with Crippen LogP contribution in [-0.2, 0) is 25.9 Å². The first kappa shape index (κ1) is 23.1. The van der Waals surface area contributed by atoms with E-state index in [0.29, 0.717) is 44.1 Å². The Balaban J connectivity index is 1.77. The van der Waals surface area contributed by atoms with Crippen molar-refractivity contribution in [2.24, 2.45) is 5.73 Å². The molecule has 1 aromatic carbocycles. The van der Waals surface area contributed by atoms with Crippen molar-refractivity contribution in [1.29, 1.82) is 0 Å². The number of morpholine rings is 1. The van der Waals surface area contributed by atoms with Crippen molar-refractivity contribution in [1.82, 2.24) is 14.3 Å². The number of benzene rings is 1. The highest BCUT2D eigenvalue weighted by Gasteiger charge is 2.26. The number of carbonyl (C=O) groups excluding carboxylic acids is 1. The van der Waals surface area contributed by atoms with Crippen molar-refractivity contribution >= 4 is 21.6 Å². The SMILES string of the molecule is Cc1ccn2c(COC(=O)N3CCOCC3)c(-c3c(F)cc(S(=O)(=O)CN)cc3F)nc2c1. The standard InChI is InChI=1S/C21H22F2N4O5S/c1-13-2-3-27-17(11-32-21(28)26-4-6-31-7-5-26)20(25-18(27)8-13)19-15(22)9-14(10-16(19)23)33(29,30)12-24/h2-3,8-10H,4-7,11-12,24H2,1H3. The monoisotopic (exact) mass is 480 g/mol. The zero-order valence-electron chi connectivity index (χ0n) is 17.8. The third-order valence-electron chi connectivity index (χ3n) is 5.31. The van der Waals surface area contributed by atoms with Crippen LogP contribution in [0.3, 0.4) is 0 Å². The number of aromatic nitrogens is 2. The third-order valence-corrected chi connectivity index (χ3v) is 6.71. The van der Waals surface area contributed by atoms with Crippen LogP contribution in [0, 0.1) is 18.6 Å². The molecule has 33 heavy (non-hydrogen) atoms. The number of fused-ring (bicyclic) bond motifs is 1. The van der Waals surface area contributed by atoms with Gasteiger partial charge in [0.1, 0.15) is 35.5 Å². The summed E-state index contributed by atoms with van der Waals surface area (Å²) < 4.78 is 66.2. The molecule has 3 heterocycles. The Labute approximate surface area is 188 Å². The van der Waals surface area contributed by atoms with Crippen molar-refractivity contribution in [3.05, 3.63) is 53.4 Å². The van der Waals surface area contributed by atoms with Crippen LogP contribution in [0.5, 0.6) is 0 Å². The van der Waals surface area contributed by atoms with E-state index in [-0.39, 0.29) is 18.0 Å². The number of ether oxygens (including phenoxy) is 2. The maximum atomic E-state index is 15.0. The van der Waals surface area contributed by atoms with Gasteiger partial charge in [0.15, 0.2) is 9.84 Å². The first-order valence-electron chi connectivity index (χ1n) is 10.1. The number of nitrogens with zero attached hydrogens (tertiary/aromatic N) is 3. The number of amides is 1. The van der Waals surface area contributed by atoms with E-state index in [1.165, 1.54) is 4.90 Å². The van der Waals surface area contributed by atoms with Crippen LogP contribution in [0.25, 0.3) is 16.9 Å². The maximum Gasteiger partial charge on any atom is 0.410 e. The van der Waals surface area contributed by atoms with Crippen LogP contribution in [0.15, 0.2) is 35.4 Å². The number of hydrogen-bond acceptors (Lipinski definition) is 7. The molecule has 0 unspecified atom stereocenters. The van der Waals surface area contributed by atoms with Gasteiger partial charge >= 0.3 is 6.09 Å². The van der Waals surface area contributed by atoms with Gasteiger partial charge in [-0.25, -0.2) is 27.0 Å². The number of hydrogen-bond donors (Lipinski definition) is 1. The second kappa shape index (κ2) is 9.04. The lowest BCUT2D eigenvalue weighted by molar-refractivity contribution is 0.0246. The van der Waals surface area contributed by atoms with Crippen LogP contribution >= 0.6 is 0 Å². The normalized spacial score (nSPS) is 14.6. The summed E-state index contributed by atoms with van der Waals surface area (Å²) >= 11 is 0. The lowest BCUT2D eigenvalue weighted by atomic mass is 10.1. The molecule has 0 aliphatic carbocycles. The Bertz CT molecular complexity index is 1300. The molecule has 1 fully saturated rings. The molecule has 2 aromatic heterocycles. The smallest absolute Gasteiger partial charge is 0.410 e. The van der Waals surface area contributed by atoms with Crippen molar-refractivity contribution in [3.63, 3.8) is 0 Å². The van der Waals surface area contributed by atoms with Gasteiger partial charge in [-0.1, -0.05) is 0 Å². The van der Waals surface area contributed by atoms with Crippen molar-refractivity contribution in [3.8, 4) is 11.3 Å². The number of halogens is 2. The lowest BCUT2D eigenvalue weighted by Gasteiger charge is -2.26. The van der Waals surface area contributed by atoms with Crippen LogP contribution in [0.2, 0.25) is 0 Å². The number of carbonyl (C=O) groups is 1. The van der Waals surface area contributed by atoms with E-state index in [0.717, 1.165) is 5.56 Å². The average molecular weight is 480 g/mol. The van der Waals surface area contributed by atoms with Crippen LogP contribution in [0.4, 0.5) is 13.6 Å². The molecule has 0 radical (unpaired) electrons. The molecule has 12 heteroatoms. The Morgan fingerprint density at radius 1 is 1.21 bits per heavy atom. The highest BCUT2D eigenvalue weighted by atomic mass is 32.2. The zero-order valence-corrected chi connectivity index (χ0v) is 18.6. The van der Waals surface area contributed by atoms with Gasteiger partial charge in [-0.15, -0.1) is 0 Å². The van der Waals surface area contributed by atoms with E-state index in [2.05, 4.69) is 4.98 Å². The quantitative estimate of drug-likeness (QED) is 0.595. The molecule has 1 aliphatic heterocycles. The summed E-state index contributed by atoms with van der Waals surface area (Å²) in [4.78, 5) is 17.7. The van der Waals surface area contributed by atoms with Crippen molar-refractivity contribution < 1.29 is 31.5 Å². The summed E-state index contributed by atoms with van der Waals surface area (Å²) in [7, 11) is -4.03. The molecular weight excluding hydrogens is 458 g/mol. The minimum atomic E-state index is -4.03. The Hall–Kier alpha value is -3.09. The van der Waals surface area contributed by atoms with E-state index in [1.807, 2.05) is 6.92 Å². The molecule has 2 N–H and O–H groups in total. The summed E-state index contributed by atoms with van der Waals surface area (Å²) in [6.45, 7) is 3.06. The number of imidazole rings is 1. The summed E-state index contributed by atoms with van der Waals surface area (Å²) in [6, 6.07) is 4.90. The summed E-state index contributed by atoms with van der Waals surface area (Å²) in [5.41, 5.74) is 6.06. The summed E-state index contributed by atoms with van der Waals surface area (Å²) in [5.74, 6) is -3.03. The number of sulfone groups is 1. The molecule has 176 valence electrons. The maximum absolute atomic E-state index is 15.0. The summed E-state index contributed by atoms with van der Waals surface area (Å²) in [5, 5.41) is 0. The largest absolute Gasteiger partial charge is 0.443 e. The molecule has 1 aliphatic rings. The van der Waals surface area contributed by atoms with Gasteiger partial charge in [0, 0.05) is 19.3 Å². The fourth-order valence-electron chi connectivity index (χ4n) is 3.55. The molecule has 1 amide bonds. The molecule has 9 nitrogen and oxygen atoms in total. The van der Waals surface area contributed by atoms with Crippen molar-refractivity contribution in [2.75, 3.05) is 32.2 Å². The van der Waals surface area contributed by atoms with Gasteiger partial charge in [-0.3, -0.25) is 4.40 Å². The number of nitrogens with two attached hydrogens (primary N) is 1. The first-order valence-corrected chi connectivity index (χ1v) is 11.8. The second-order valence-electron chi connectivity index (χ2n) is 7.54. The van der Waals surface area contributed by atoms with Crippen molar-refractivity contribution in [2.45, 2.75) is 18.4 Å². The van der Waals surface area contributed by atoms with Gasteiger partial charge in [-0.2, -0.15) is 0 Å². The van der Waals surface area contributed by atoms with Gasteiger partial charge in [-0.05, 0) is 36.8 Å². The van der Waals surface area contributed by atoms with Crippen LogP contribution in [-0.4, -0.2) is 61.0 Å². The zero-order chi connectivity index (χ0) is 23.8. The molecule has 1 saturated heterocycles. The van der Waals surface area contributed by atoms with E-state index in [9.17, 15) is 13.2 Å². The third kappa shape index (κ3) is 4.54. The molecule has 0 saturated carbocycles. The first-order chi connectivity index (χ1) is 15.7. The fraction of sp³-hybridized carbons (Fsp3) is 0.333. The van der Waals surface area contributed by atoms with E-state index < -0.39 is 43.9 Å². The predicted molar refractivity (Wildman–Crippen MR) is 114 cm³/mol. The molecular formula is C21H22F2N4O5S. The van der Waals surface area contributed by atoms with E-state index in [1.54, 1.807) is 22.7 Å². The Morgan fingerprint density at radius 3 is 2.52 bits per heavy atom. The Kier molecular flexibility index (Phi) is 6.32. The molecule has 0 atom stereocenters. The van der Waals surface area contributed by atoms with Crippen LogP contribution < -0.4 is 5.73 Å². The fourth-order valence-corrected chi connectivity index (χ4v) is 4.31. The lowest BCUT2D eigenvalue weighted by Crippen LogP contribution is -2.40. The summed E-state index contributed by atoms with van der Waals surface area (Å²) in [6.07, 6.45) is 1.07. The molecule has 3 aromatic rings. The predicted octanol–water partition coefficient (Wildman–Crippen LogP) is 2.25. The van der Waals surface area contributed by atoms with Gasteiger partial charge in [0.25, 0.3) is 0 Å². The number of pyridine rings is 1. The number of aryl methyl sites for hydroxylation is 1. The highest BCUT2D eigenvalue weighted by Crippen LogP contribution is 2.32. The van der Waals surface area contributed by atoms with Gasteiger partial charge in [0.05, 0.1) is 29.4 Å². The molecule has 4 rings (SSSR count). The van der Waals surface area contributed by atoms with Gasteiger partial charge in [0.2, 0.25) is 0 Å². The van der Waals surface area contributed by atoms with Crippen LogP contribution in [0.1, 0.15) is 11.3 Å². The second-order valence-corrected chi connectivity index (χ2v) is 9.57. The minimum absolute atomic E-state index is 0.0953. The topological polar surface area (TPSA) is 116 Å².